The van der Waals surface area contributed by atoms with Gasteiger partial charge in [0, 0.05) is 47.5 Å². The van der Waals surface area contributed by atoms with Gasteiger partial charge in [-0.1, -0.05) is 42.3 Å². The Hall–Kier alpha value is -3.10. The van der Waals surface area contributed by atoms with Crippen LogP contribution >= 0.6 is 11.6 Å². The molecule has 2 aromatic carbocycles. The molecule has 1 fully saturated rings. The molecule has 1 N–H and O–H groups in total. The lowest BCUT2D eigenvalue weighted by Gasteiger charge is -2.35. The van der Waals surface area contributed by atoms with Gasteiger partial charge in [0.2, 0.25) is 0 Å². The molecule has 3 aromatic rings. The lowest BCUT2D eigenvalue weighted by atomic mass is 9.94. The number of aromatic nitrogens is 1. The number of likely N-dealkylation sites (tertiary alicyclic amines) is 1. The maximum Gasteiger partial charge on any atom is 0.126 e. The Morgan fingerprint density at radius 1 is 1.09 bits per heavy atom. The summed E-state index contributed by atoms with van der Waals surface area (Å²) >= 11 is 5.97. The van der Waals surface area contributed by atoms with Crippen LogP contribution in [-0.2, 0) is 0 Å². The van der Waals surface area contributed by atoms with Gasteiger partial charge in [0.05, 0.1) is 5.60 Å². The molecule has 0 amide bonds. The van der Waals surface area contributed by atoms with Crippen molar-refractivity contribution >= 4 is 17.2 Å². The van der Waals surface area contributed by atoms with Gasteiger partial charge >= 0.3 is 0 Å². The molecule has 1 aliphatic rings. The van der Waals surface area contributed by atoms with Crippen molar-refractivity contribution in [3.05, 3.63) is 89.2 Å². The van der Waals surface area contributed by atoms with Crippen LogP contribution in [0, 0.1) is 11.8 Å². The number of benzene rings is 2. The number of allylic oxidation sites excluding steroid dienone is 1. The Bertz CT molecular complexity index is 1230. The summed E-state index contributed by atoms with van der Waals surface area (Å²) in [5, 5.41) is 10.8. The Morgan fingerprint density at radius 3 is 2.46 bits per heavy atom. The maximum atomic E-state index is 10.1. The van der Waals surface area contributed by atoms with E-state index in [1.165, 1.54) is 0 Å². The predicted molar refractivity (Wildman–Crippen MR) is 144 cm³/mol. The average molecular weight is 487 g/mol. The van der Waals surface area contributed by atoms with Crippen molar-refractivity contribution < 1.29 is 9.84 Å². The van der Waals surface area contributed by atoms with E-state index < -0.39 is 5.60 Å². The summed E-state index contributed by atoms with van der Waals surface area (Å²) in [6.45, 7) is 11.2. The lowest BCUT2D eigenvalue weighted by molar-refractivity contribution is -0.00768. The maximum absolute atomic E-state index is 10.1. The fourth-order valence-electron chi connectivity index (χ4n) is 4.03. The van der Waals surface area contributed by atoms with Crippen LogP contribution in [0.15, 0.2) is 67.4 Å². The zero-order chi connectivity index (χ0) is 24.8. The number of halogens is 1. The van der Waals surface area contributed by atoms with E-state index in [-0.39, 0.29) is 0 Å². The first-order chi connectivity index (χ1) is 16.8. The fourth-order valence-corrected chi connectivity index (χ4v) is 4.15. The highest BCUT2D eigenvalue weighted by atomic mass is 35.5. The minimum atomic E-state index is -0.532. The number of aliphatic hydroxyl groups is 1. The van der Waals surface area contributed by atoms with E-state index in [0.29, 0.717) is 17.3 Å². The lowest BCUT2D eigenvalue weighted by Crippen LogP contribution is -2.43. The highest BCUT2D eigenvalue weighted by Crippen LogP contribution is 2.27. The second-order valence-corrected chi connectivity index (χ2v) is 9.80. The topological polar surface area (TPSA) is 45.6 Å². The molecule has 0 unspecified atom stereocenters. The second-order valence-electron chi connectivity index (χ2n) is 9.37. The summed E-state index contributed by atoms with van der Waals surface area (Å²) in [6, 6.07) is 17.6. The first-order valence-electron chi connectivity index (χ1n) is 11.9. The molecule has 4 nitrogen and oxygen atoms in total. The molecule has 0 spiro atoms. The molecule has 35 heavy (non-hydrogen) atoms. The van der Waals surface area contributed by atoms with E-state index in [2.05, 4.69) is 28.3 Å². The standard InChI is InChI=1S/C30H31ClN2O2/c1-22(2)28-20-23(5-13-29(28)35-19-18-33-16-14-30(3,34)15-17-33)4-11-27-12-8-25(21-32-27)24-6-9-26(31)10-7-24/h5-10,12-13,20-21,34H,1,14-19H2,2-3H3. The smallest absolute Gasteiger partial charge is 0.126 e. The minimum Gasteiger partial charge on any atom is -0.492 e. The van der Waals surface area contributed by atoms with Gasteiger partial charge in [0.15, 0.2) is 0 Å². The Kier molecular flexibility index (Phi) is 7.93. The average Bonchev–Trinajstić information content (AvgIpc) is 2.85. The van der Waals surface area contributed by atoms with Gasteiger partial charge in [-0.2, -0.15) is 0 Å². The molecule has 4 rings (SSSR count). The number of hydrogen-bond acceptors (Lipinski definition) is 4. The molecule has 0 saturated carbocycles. The molecule has 1 aromatic heterocycles. The van der Waals surface area contributed by atoms with Gasteiger partial charge in [0.25, 0.3) is 0 Å². The third-order valence-electron chi connectivity index (χ3n) is 6.31. The number of nitrogens with zero attached hydrogens (tertiary/aromatic N) is 2. The molecule has 0 radical (unpaired) electrons. The summed E-state index contributed by atoms with van der Waals surface area (Å²) in [7, 11) is 0. The van der Waals surface area contributed by atoms with Crippen LogP contribution in [0.25, 0.3) is 16.7 Å². The Labute approximate surface area is 213 Å². The molecule has 1 saturated heterocycles. The summed E-state index contributed by atoms with van der Waals surface area (Å²) in [5.41, 5.74) is 5.05. The zero-order valence-corrected chi connectivity index (χ0v) is 21.1. The van der Waals surface area contributed by atoms with Crippen LogP contribution in [0.1, 0.15) is 43.5 Å². The number of pyridine rings is 1. The number of ether oxygens (including phenoxy) is 1. The number of piperidine rings is 1. The molecule has 0 atom stereocenters. The van der Waals surface area contributed by atoms with E-state index in [9.17, 15) is 5.11 Å². The molecule has 1 aliphatic heterocycles. The van der Waals surface area contributed by atoms with E-state index >= 15 is 0 Å². The van der Waals surface area contributed by atoms with E-state index in [0.717, 1.165) is 66.1 Å². The highest BCUT2D eigenvalue weighted by Gasteiger charge is 2.26. The second kappa shape index (κ2) is 11.1. The van der Waals surface area contributed by atoms with Crippen LogP contribution in [0.2, 0.25) is 5.02 Å². The third kappa shape index (κ3) is 6.96. The van der Waals surface area contributed by atoms with Gasteiger partial charge in [-0.05, 0) is 80.1 Å². The predicted octanol–water partition coefficient (Wildman–Crippen LogP) is 6.06. The molecule has 2 heterocycles. The van der Waals surface area contributed by atoms with Crippen LogP contribution in [-0.4, -0.2) is 46.8 Å². The van der Waals surface area contributed by atoms with Crippen molar-refractivity contribution in [2.45, 2.75) is 32.3 Å². The molecular weight excluding hydrogens is 456 g/mol. The SMILES string of the molecule is C=C(C)c1cc(C#Cc2ccc(-c3ccc(Cl)cc3)cn2)ccc1OCCN1CCC(C)(O)CC1. The van der Waals surface area contributed by atoms with Crippen molar-refractivity contribution in [2.75, 3.05) is 26.2 Å². The number of rotatable bonds is 6. The van der Waals surface area contributed by atoms with Crippen molar-refractivity contribution in [1.82, 2.24) is 9.88 Å². The molecule has 0 bridgehead atoms. The van der Waals surface area contributed by atoms with Crippen molar-refractivity contribution in [3.8, 4) is 28.7 Å². The third-order valence-corrected chi connectivity index (χ3v) is 6.57. The minimum absolute atomic E-state index is 0.532. The van der Waals surface area contributed by atoms with Crippen LogP contribution in [0.5, 0.6) is 5.75 Å². The van der Waals surface area contributed by atoms with Gasteiger partial charge in [0.1, 0.15) is 18.1 Å². The van der Waals surface area contributed by atoms with Gasteiger partial charge < -0.3 is 9.84 Å². The largest absolute Gasteiger partial charge is 0.492 e. The van der Waals surface area contributed by atoms with Crippen molar-refractivity contribution in [1.29, 1.82) is 0 Å². The summed E-state index contributed by atoms with van der Waals surface area (Å²) < 4.78 is 6.10. The number of hydrogen-bond donors (Lipinski definition) is 1. The monoisotopic (exact) mass is 486 g/mol. The van der Waals surface area contributed by atoms with Crippen LogP contribution in [0.4, 0.5) is 0 Å². The first kappa shape index (κ1) is 25.0. The van der Waals surface area contributed by atoms with Crippen LogP contribution in [0.3, 0.4) is 0 Å². The molecule has 180 valence electrons. The van der Waals surface area contributed by atoms with E-state index in [1.807, 2.05) is 74.6 Å². The normalized spacial score (nSPS) is 15.2. The molecule has 0 aliphatic carbocycles. The van der Waals surface area contributed by atoms with E-state index in [1.54, 1.807) is 0 Å². The van der Waals surface area contributed by atoms with E-state index in [4.69, 9.17) is 16.3 Å². The molecule has 5 heteroatoms. The van der Waals surface area contributed by atoms with Gasteiger partial charge in [-0.3, -0.25) is 4.90 Å². The van der Waals surface area contributed by atoms with Crippen LogP contribution < -0.4 is 4.74 Å². The Balaban J connectivity index is 1.39. The van der Waals surface area contributed by atoms with Crippen molar-refractivity contribution in [2.24, 2.45) is 0 Å². The summed E-state index contributed by atoms with van der Waals surface area (Å²) in [4.78, 5) is 6.83. The van der Waals surface area contributed by atoms with Crippen molar-refractivity contribution in [3.63, 3.8) is 0 Å². The summed E-state index contributed by atoms with van der Waals surface area (Å²) in [6.07, 6.45) is 3.43. The fraction of sp³-hybridized carbons (Fsp3) is 0.300. The molecular formula is C30H31ClN2O2. The highest BCUT2D eigenvalue weighted by molar-refractivity contribution is 6.30. The quantitative estimate of drug-likeness (QED) is 0.430. The summed E-state index contributed by atoms with van der Waals surface area (Å²) in [5.74, 6) is 7.17. The van der Waals surface area contributed by atoms with Gasteiger partial charge in [-0.15, -0.1) is 0 Å². The first-order valence-corrected chi connectivity index (χ1v) is 12.3. The Morgan fingerprint density at radius 2 is 1.80 bits per heavy atom. The zero-order valence-electron chi connectivity index (χ0n) is 20.4. The van der Waals surface area contributed by atoms with Gasteiger partial charge in [-0.25, -0.2) is 4.98 Å².